The molecule has 1 aromatic carbocycles. The molecule has 0 saturated carbocycles. The van der Waals surface area contributed by atoms with Gasteiger partial charge in [0.05, 0.1) is 6.04 Å². The van der Waals surface area contributed by atoms with Crippen molar-refractivity contribution >= 4 is 45.7 Å². The monoisotopic (exact) mass is 518 g/mol. The van der Waals surface area contributed by atoms with Gasteiger partial charge in [-0.25, -0.2) is 9.59 Å². The standard InChI is InChI=1S/C21H28N4S.C4H6O6/c1-5-25(6-2)21(26)22-15-11-17-16-8-7-9-18-20(16)14(12-23(18)3)10-19(17)24(4)13-15;5-1(3(7)8)2(6)4(9)10/h7-9,11-12,15,19H,5-6,10,13H2,1-4H3,(H,22,26);1-2,5-6H,(H,7,8)(H,9,10)/t15-,19+;/m0./s1. The number of nitrogens with zero attached hydrogens (tertiary/aromatic N) is 3. The summed E-state index contributed by atoms with van der Waals surface area (Å²) in [5.74, 6) is -3.54. The summed E-state index contributed by atoms with van der Waals surface area (Å²) in [4.78, 5) is 24.2. The zero-order valence-electron chi connectivity index (χ0n) is 20.9. The van der Waals surface area contributed by atoms with Crippen LogP contribution in [-0.2, 0) is 23.1 Å². The molecule has 0 bridgehead atoms. The molecule has 0 amide bonds. The predicted molar refractivity (Wildman–Crippen MR) is 141 cm³/mol. The first kappa shape index (κ1) is 27.6. The van der Waals surface area contributed by atoms with Gasteiger partial charge in [-0.05, 0) is 62.3 Å². The quantitative estimate of drug-likeness (QED) is 0.351. The number of carboxylic acid groups (broad SMARTS) is 2. The molecule has 1 aliphatic carbocycles. The molecule has 2 unspecified atom stereocenters. The molecule has 1 aliphatic heterocycles. The number of nitrogens with one attached hydrogen (secondary N) is 1. The largest absolute Gasteiger partial charge is 0.479 e. The van der Waals surface area contributed by atoms with E-state index in [0.717, 1.165) is 31.2 Å². The molecule has 4 rings (SSSR count). The van der Waals surface area contributed by atoms with Crippen molar-refractivity contribution in [1.82, 2.24) is 19.7 Å². The Balaban J connectivity index is 0.000000308. The predicted octanol–water partition coefficient (Wildman–Crippen LogP) is 0.894. The Labute approximate surface area is 215 Å². The molecule has 2 heterocycles. The van der Waals surface area contributed by atoms with Crippen LogP contribution in [0.25, 0.3) is 16.5 Å². The van der Waals surface area contributed by atoms with E-state index in [2.05, 4.69) is 78.1 Å². The Bertz CT molecular complexity index is 1160. The number of rotatable bonds is 6. The summed E-state index contributed by atoms with van der Waals surface area (Å²) in [6, 6.07) is 7.39. The summed E-state index contributed by atoms with van der Waals surface area (Å²) >= 11 is 5.63. The minimum atomic E-state index is -2.27. The van der Waals surface area contributed by atoms with Gasteiger partial charge in [-0.2, -0.15) is 0 Å². The lowest BCUT2D eigenvalue weighted by Crippen LogP contribution is -2.52. The van der Waals surface area contributed by atoms with Crippen LogP contribution in [0.5, 0.6) is 0 Å². The molecule has 4 atom stereocenters. The SMILES string of the molecule is CCN(CC)C(=S)N[C@H]1C=C2c3cccc4c3c(cn4C)C[C@H]2N(C)C1.O=C(O)C(O)C(O)C(=O)O. The number of carboxylic acids is 2. The van der Waals surface area contributed by atoms with Crippen molar-refractivity contribution < 1.29 is 30.0 Å². The van der Waals surface area contributed by atoms with Crippen LogP contribution in [0.4, 0.5) is 0 Å². The number of hydrogen-bond donors (Lipinski definition) is 5. The number of thiocarbonyl (C=S) groups is 1. The van der Waals surface area contributed by atoms with Gasteiger partial charge in [0.15, 0.2) is 17.3 Å². The van der Waals surface area contributed by atoms with E-state index in [1.54, 1.807) is 0 Å². The van der Waals surface area contributed by atoms with E-state index in [0.29, 0.717) is 6.04 Å². The van der Waals surface area contributed by atoms with Crippen LogP contribution in [0, 0.1) is 0 Å². The minimum absolute atomic E-state index is 0.250. The van der Waals surface area contributed by atoms with E-state index in [1.807, 2.05) is 0 Å². The molecule has 2 aromatic rings. The molecule has 2 aliphatic rings. The molecule has 10 nitrogen and oxygen atoms in total. The normalized spacial score (nSPS) is 20.3. The van der Waals surface area contributed by atoms with Crippen molar-refractivity contribution in [3.8, 4) is 0 Å². The number of benzene rings is 1. The number of likely N-dealkylation sites (N-methyl/N-ethyl adjacent to an activating group) is 1. The highest BCUT2D eigenvalue weighted by molar-refractivity contribution is 7.80. The summed E-state index contributed by atoms with van der Waals surface area (Å²) < 4.78 is 2.26. The average molecular weight is 519 g/mol. The fraction of sp³-hybridized carbons (Fsp3) is 0.480. The van der Waals surface area contributed by atoms with Gasteiger partial charge in [-0.15, -0.1) is 0 Å². The van der Waals surface area contributed by atoms with E-state index in [1.165, 1.54) is 27.6 Å². The van der Waals surface area contributed by atoms with Crippen LogP contribution in [0.3, 0.4) is 0 Å². The Morgan fingerprint density at radius 1 is 1.14 bits per heavy atom. The Kier molecular flexibility index (Phi) is 8.72. The van der Waals surface area contributed by atoms with Crippen molar-refractivity contribution in [1.29, 1.82) is 0 Å². The molecule has 196 valence electrons. The third-order valence-corrected chi connectivity index (χ3v) is 7.11. The topological polar surface area (TPSA) is 138 Å². The fourth-order valence-electron chi connectivity index (χ4n) is 4.85. The number of aliphatic hydroxyl groups is 2. The number of aromatic nitrogens is 1. The minimum Gasteiger partial charge on any atom is -0.479 e. The third kappa shape index (κ3) is 5.54. The summed E-state index contributed by atoms with van der Waals surface area (Å²) in [7, 11) is 4.39. The highest BCUT2D eigenvalue weighted by Gasteiger charge is 2.34. The number of fused-ring (bicyclic) bond motifs is 2. The van der Waals surface area contributed by atoms with Crippen LogP contribution in [0.2, 0.25) is 0 Å². The molecular weight excluding hydrogens is 484 g/mol. The van der Waals surface area contributed by atoms with Crippen molar-refractivity contribution in [2.75, 3.05) is 26.7 Å². The van der Waals surface area contributed by atoms with Crippen molar-refractivity contribution in [2.24, 2.45) is 7.05 Å². The van der Waals surface area contributed by atoms with Gasteiger partial charge in [0.1, 0.15) is 0 Å². The molecule has 1 aromatic heterocycles. The van der Waals surface area contributed by atoms with E-state index in [9.17, 15) is 9.59 Å². The second-order valence-electron chi connectivity index (χ2n) is 9.04. The average Bonchev–Trinajstić information content (AvgIpc) is 3.16. The Morgan fingerprint density at radius 2 is 1.75 bits per heavy atom. The van der Waals surface area contributed by atoms with Crippen molar-refractivity contribution in [3.63, 3.8) is 0 Å². The van der Waals surface area contributed by atoms with Gasteiger partial charge in [-0.3, -0.25) is 4.90 Å². The maximum atomic E-state index is 9.77. The maximum Gasteiger partial charge on any atom is 0.335 e. The van der Waals surface area contributed by atoms with Crippen LogP contribution < -0.4 is 5.32 Å². The number of aliphatic hydroxyl groups excluding tert-OH is 2. The van der Waals surface area contributed by atoms with Gasteiger partial charge < -0.3 is 35.2 Å². The lowest BCUT2D eigenvalue weighted by atomic mass is 9.81. The first-order valence-electron chi connectivity index (χ1n) is 11.9. The van der Waals surface area contributed by atoms with Crippen molar-refractivity contribution in [3.05, 3.63) is 41.6 Å². The highest BCUT2D eigenvalue weighted by Crippen LogP contribution is 2.40. The van der Waals surface area contributed by atoms with Crippen LogP contribution >= 0.6 is 12.2 Å². The molecule has 0 fully saturated rings. The molecule has 0 spiro atoms. The molecule has 11 heteroatoms. The second-order valence-corrected chi connectivity index (χ2v) is 9.43. The van der Waals surface area contributed by atoms with E-state index < -0.39 is 24.1 Å². The number of hydrogen-bond acceptors (Lipinski definition) is 6. The molecule has 5 N–H and O–H groups in total. The fourth-order valence-corrected chi connectivity index (χ4v) is 5.26. The van der Waals surface area contributed by atoms with E-state index in [4.69, 9.17) is 32.6 Å². The smallest absolute Gasteiger partial charge is 0.335 e. The summed E-state index contributed by atoms with van der Waals surface area (Å²) in [6.07, 6.45) is 1.28. The van der Waals surface area contributed by atoms with E-state index in [-0.39, 0.29) is 6.04 Å². The summed E-state index contributed by atoms with van der Waals surface area (Å²) in [5, 5.41) is 38.4. The Hall–Kier alpha value is -2.99. The van der Waals surface area contributed by atoms with E-state index >= 15 is 0 Å². The van der Waals surface area contributed by atoms with Gasteiger partial charge in [0.25, 0.3) is 0 Å². The van der Waals surface area contributed by atoms with Crippen molar-refractivity contribution in [2.45, 2.75) is 44.6 Å². The lowest BCUT2D eigenvalue weighted by Gasteiger charge is -2.40. The highest BCUT2D eigenvalue weighted by atomic mass is 32.1. The second kappa shape index (κ2) is 11.4. The van der Waals surface area contributed by atoms with Crippen LogP contribution in [0.1, 0.15) is 25.0 Å². The molecular formula is C25H34N4O6S. The van der Waals surface area contributed by atoms with Crippen LogP contribution in [0.15, 0.2) is 30.5 Å². The van der Waals surface area contributed by atoms with Gasteiger partial charge in [-0.1, -0.05) is 18.2 Å². The van der Waals surface area contributed by atoms with Gasteiger partial charge in [0.2, 0.25) is 0 Å². The summed E-state index contributed by atoms with van der Waals surface area (Å²) in [6.45, 7) is 7.16. The number of aryl methyl sites for hydroxylation is 1. The lowest BCUT2D eigenvalue weighted by molar-refractivity contribution is -0.165. The zero-order chi connectivity index (χ0) is 26.7. The van der Waals surface area contributed by atoms with Crippen LogP contribution in [-0.4, -0.2) is 103 Å². The first-order valence-corrected chi connectivity index (χ1v) is 12.3. The first-order chi connectivity index (χ1) is 17.0. The molecule has 0 saturated heterocycles. The molecule has 36 heavy (non-hydrogen) atoms. The summed E-state index contributed by atoms with van der Waals surface area (Å²) in [5.41, 5.74) is 5.63. The number of carbonyl (C=O) groups is 2. The van der Waals surface area contributed by atoms with Gasteiger partial charge in [0, 0.05) is 49.8 Å². The molecule has 0 radical (unpaired) electrons. The zero-order valence-corrected chi connectivity index (χ0v) is 21.7. The third-order valence-electron chi connectivity index (χ3n) is 6.74. The Morgan fingerprint density at radius 3 is 2.31 bits per heavy atom. The maximum absolute atomic E-state index is 9.77. The van der Waals surface area contributed by atoms with Gasteiger partial charge >= 0.3 is 11.9 Å². The number of aliphatic carboxylic acids is 2.